The molecule has 0 saturated carbocycles. The van der Waals surface area contributed by atoms with Crippen molar-refractivity contribution in [2.75, 3.05) is 13.2 Å². The lowest BCUT2D eigenvalue weighted by Crippen LogP contribution is -2.13. The summed E-state index contributed by atoms with van der Waals surface area (Å²) in [7, 11) is 0. The summed E-state index contributed by atoms with van der Waals surface area (Å²) in [6, 6.07) is 8.29. The van der Waals surface area contributed by atoms with Gasteiger partial charge in [-0.05, 0) is 26.0 Å². The Morgan fingerprint density at radius 2 is 2.25 bits per heavy atom. The van der Waals surface area contributed by atoms with Crippen molar-refractivity contribution >= 4 is 11.3 Å². The normalized spacial score (nSPS) is 17.0. The second-order valence-electron chi connectivity index (χ2n) is 5.14. The highest BCUT2D eigenvalue weighted by atomic mass is 32.1. The predicted octanol–water partition coefficient (Wildman–Crippen LogP) is 3.48. The van der Waals surface area contributed by atoms with E-state index in [1.165, 1.54) is 15.4 Å². The van der Waals surface area contributed by atoms with Crippen LogP contribution in [-0.2, 0) is 6.54 Å². The molecule has 1 aliphatic rings. The molecule has 3 rings (SSSR count). The van der Waals surface area contributed by atoms with Gasteiger partial charge in [0.25, 0.3) is 0 Å². The molecule has 20 heavy (non-hydrogen) atoms. The Hall–Kier alpha value is -1.39. The third kappa shape index (κ3) is 2.58. The van der Waals surface area contributed by atoms with Crippen LogP contribution in [0.4, 0.5) is 0 Å². The van der Waals surface area contributed by atoms with Crippen LogP contribution in [-0.4, -0.2) is 18.1 Å². The number of hydrogen-bond donors (Lipinski definition) is 1. The molecule has 1 aromatic heterocycles. The van der Waals surface area contributed by atoms with Gasteiger partial charge >= 0.3 is 0 Å². The Kier molecular flexibility index (Phi) is 4.03. The number of fused-ring (bicyclic) bond motifs is 1. The van der Waals surface area contributed by atoms with Crippen LogP contribution in [0.25, 0.3) is 0 Å². The van der Waals surface area contributed by atoms with Crippen molar-refractivity contribution in [2.45, 2.75) is 32.7 Å². The van der Waals surface area contributed by atoms with Gasteiger partial charge in [0, 0.05) is 17.0 Å². The van der Waals surface area contributed by atoms with Crippen LogP contribution in [0.2, 0.25) is 0 Å². The van der Waals surface area contributed by atoms with Crippen LogP contribution >= 0.6 is 11.3 Å². The minimum Gasteiger partial charge on any atom is -0.492 e. The third-order valence-electron chi connectivity index (χ3n) is 3.62. The summed E-state index contributed by atoms with van der Waals surface area (Å²) in [6.07, 6.45) is 1.16. The van der Waals surface area contributed by atoms with E-state index in [0.717, 1.165) is 31.0 Å². The molecule has 2 aromatic rings. The second-order valence-corrected chi connectivity index (χ2v) is 6.25. The third-order valence-corrected chi connectivity index (χ3v) is 4.89. The quantitative estimate of drug-likeness (QED) is 0.855. The molecule has 106 valence electrons. The molecule has 3 nitrogen and oxygen atoms in total. The summed E-state index contributed by atoms with van der Waals surface area (Å²) in [5, 5.41) is 4.64. The summed E-state index contributed by atoms with van der Waals surface area (Å²) in [4.78, 5) is 6.11. The average Bonchev–Trinajstić information content (AvgIpc) is 3.03. The Balaban J connectivity index is 1.80. The Bertz CT molecular complexity index is 594. The van der Waals surface area contributed by atoms with Crippen molar-refractivity contribution in [2.24, 2.45) is 0 Å². The molecule has 4 heteroatoms. The molecule has 1 atom stereocenters. The Morgan fingerprint density at radius 1 is 1.40 bits per heavy atom. The van der Waals surface area contributed by atoms with Crippen molar-refractivity contribution in [3.63, 3.8) is 0 Å². The fourth-order valence-electron chi connectivity index (χ4n) is 2.51. The molecular weight excluding hydrogens is 268 g/mol. The number of rotatable bonds is 5. The molecule has 1 unspecified atom stereocenters. The molecule has 2 heterocycles. The molecule has 1 N–H and O–H groups in total. The maximum Gasteiger partial charge on any atom is 0.123 e. The van der Waals surface area contributed by atoms with Gasteiger partial charge < -0.3 is 10.1 Å². The number of aromatic nitrogens is 1. The van der Waals surface area contributed by atoms with Gasteiger partial charge in [-0.2, -0.15) is 0 Å². The van der Waals surface area contributed by atoms with Gasteiger partial charge in [-0.3, -0.25) is 0 Å². The van der Waals surface area contributed by atoms with Crippen LogP contribution < -0.4 is 10.1 Å². The lowest BCUT2D eigenvalue weighted by molar-refractivity contribution is 0.343. The molecule has 0 bridgehead atoms. The highest BCUT2D eigenvalue weighted by Gasteiger charge is 2.28. The van der Waals surface area contributed by atoms with Crippen LogP contribution in [0.3, 0.4) is 0 Å². The first-order chi connectivity index (χ1) is 9.79. The first-order valence-electron chi connectivity index (χ1n) is 7.18. The van der Waals surface area contributed by atoms with Gasteiger partial charge in [0.2, 0.25) is 0 Å². The first-order valence-corrected chi connectivity index (χ1v) is 8.00. The maximum absolute atomic E-state index is 5.76. The molecule has 0 fully saturated rings. The molecule has 0 amide bonds. The number of hydrogen-bond acceptors (Lipinski definition) is 4. The van der Waals surface area contributed by atoms with E-state index in [1.54, 1.807) is 0 Å². The zero-order valence-corrected chi connectivity index (χ0v) is 12.8. The van der Waals surface area contributed by atoms with E-state index in [4.69, 9.17) is 9.72 Å². The summed E-state index contributed by atoms with van der Waals surface area (Å²) >= 11 is 1.82. The monoisotopic (exact) mass is 288 g/mol. The Labute approximate surface area is 124 Å². The first kappa shape index (κ1) is 13.6. The van der Waals surface area contributed by atoms with Crippen molar-refractivity contribution in [1.82, 2.24) is 10.3 Å². The van der Waals surface area contributed by atoms with Crippen molar-refractivity contribution in [1.29, 1.82) is 0 Å². The smallest absolute Gasteiger partial charge is 0.123 e. The van der Waals surface area contributed by atoms with E-state index >= 15 is 0 Å². The standard InChI is InChI=1S/C16H20N2OS/c1-3-8-17-9-15-11(2)18-16(20-15)13-10-19-14-7-5-4-6-12(13)14/h4-7,13,17H,3,8-10H2,1-2H3. The van der Waals surface area contributed by atoms with Gasteiger partial charge in [-0.25, -0.2) is 4.98 Å². The SMILES string of the molecule is CCCNCc1sc(C2COc3ccccc32)nc1C. The number of nitrogens with zero attached hydrogens (tertiary/aromatic N) is 1. The van der Waals surface area contributed by atoms with Gasteiger partial charge in [0.1, 0.15) is 17.4 Å². The van der Waals surface area contributed by atoms with Crippen LogP contribution in [0.5, 0.6) is 5.75 Å². The Morgan fingerprint density at radius 3 is 3.10 bits per heavy atom. The molecule has 1 aromatic carbocycles. The zero-order chi connectivity index (χ0) is 13.9. The van der Waals surface area contributed by atoms with Crippen LogP contribution in [0.1, 0.15) is 40.4 Å². The van der Waals surface area contributed by atoms with E-state index in [9.17, 15) is 0 Å². The van der Waals surface area contributed by atoms with Gasteiger partial charge in [-0.1, -0.05) is 25.1 Å². The predicted molar refractivity (Wildman–Crippen MR) is 82.6 cm³/mol. The van der Waals surface area contributed by atoms with Crippen molar-refractivity contribution in [3.05, 3.63) is 45.4 Å². The summed E-state index contributed by atoms with van der Waals surface area (Å²) in [5.41, 5.74) is 2.42. The van der Waals surface area contributed by atoms with E-state index < -0.39 is 0 Å². The van der Waals surface area contributed by atoms with Crippen LogP contribution in [0, 0.1) is 6.92 Å². The molecule has 0 spiro atoms. The topological polar surface area (TPSA) is 34.1 Å². The number of ether oxygens (including phenoxy) is 1. The van der Waals surface area contributed by atoms with Gasteiger partial charge in [0.05, 0.1) is 11.6 Å². The van der Waals surface area contributed by atoms with E-state index in [2.05, 4.69) is 31.3 Å². The lowest BCUT2D eigenvalue weighted by Gasteiger charge is -2.03. The average molecular weight is 288 g/mol. The van der Waals surface area contributed by atoms with Crippen molar-refractivity contribution in [3.8, 4) is 5.75 Å². The van der Waals surface area contributed by atoms with E-state index in [-0.39, 0.29) is 0 Å². The molecule has 1 aliphatic heterocycles. The highest BCUT2D eigenvalue weighted by Crippen LogP contribution is 2.39. The number of nitrogens with one attached hydrogen (secondary N) is 1. The maximum atomic E-state index is 5.76. The number of benzene rings is 1. The minimum absolute atomic E-state index is 0.301. The van der Waals surface area contributed by atoms with Gasteiger partial charge in [0.15, 0.2) is 0 Å². The molecule has 0 aliphatic carbocycles. The largest absolute Gasteiger partial charge is 0.492 e. The number of aryl methyl sites for hydroxylation is 1. The minimum atomic E-state index is 0.301. The van der Waals surface area contributed by atoms with E-state index in [1.807, 2.05) is 23.5 Å². The lowest BCUT2D eigenvalue weighted by atomic mass is 10.0. The fourth-order valence-corrected chi connectivity index (χ4v) is 3.65. The molecular formula is C16H20N2OS. The second kappa shape index (κ2) is 5.94. The van der Waals surface area contributed by atoms with Crippen molar-refractivity contribution < 1.29 is 4.74 Å². The number of para-hydroxylation sites is 1. The summed E-state index contributed by atoms with van der Waals surface area (Å²) in [6.45, 7) is 6.98. The number of thiazole rings is 1. The summed E-state index contributed by atoms with van der Waals surface area (Å²) < 4.78 is 5.76. The molecule has 0 radical (unpaired) electrons. The summed E-state index contributed by atoms with van der Waals surface area (Å²) in [5.74, 6) is 1.31. The zero-order valence-electron chi connectivity index (χ0n) is 12.0. The van der Waals surface area contributed by atoms with Crippen LogP contribution in [0.15, 0.2) is 24.3 Å². The highest BCUT2D eigenvalue weighted by molar-refractivity contribution is 7.11. The van der Waals surface area contributed by atoms with Gasteiger partial charge in [-0.15, -0.1) is 11.3 Å². The van der Waals surface area contributed by atoms with E-state index in [0.29, 0.717) is 12.5 Å². The fraction of sp³-hybridized carbons (Fsp3) is 0.438. The molecule has 0 saturated heterocycles.